The molecule has 1 N–H and O–H groups in total. The molecular weight excluding hydrogens is 272 g/mol. The molecule has 1 saturated carbocycles. The first-order valence-corrected chi connectivity index (χ1v) is 7.70. The van der Waals surface area contributed by atoms with Crippen LogP contribution in [0.4, 0.5) is 0 Å². The van der Waals surface area contributed by atoms with Crippen molar-refractivity contribution in [1.29, 1.82) is 0 Å². The summed E-state index contributed by atoms with van der Waals surface area (Å²) in [4.78, 5) is 3.34. The summed E-state index contributed by atoms with van der Waals surface area (Å²) >= 11 is 5.51. The molecule has 1 aliphatic rings. The third-order valence-corrected chi connectivity index (χ3v) is 4.78. The molecule has 3 rings (SSSR count). The predicted molar refractivity (Wildman–Crippen MR) is 81.5 cm³/mol. The Balaban J connectivity index is 2.06. The fourth-order valence-corrected chi connectivity index (χ4v) is 3.38. The van der Waals surface area contributed by atoms with Crippen molar-refractivity contribution in [3.05, 3.63) is 10.5 Å². The minimum Gasteiger partial charge on any atom is -0.376 e. The van der Waals surface area contributed by atoms with Gasteiger partial charge in [-0.1, -0.05) is 13.3 Å². The molecule has 0 aliphatic heterocycles. The van der Waals surface area contributed by atoms with E-state index in [-0.39, 0.29) is 5.60 Å². The highest BCUT2D eigenvalue weighted by atomic mass is 32.1. The van der Waals surface area contributed by atoms with E-state index in [1.807, 2.05) is 11.7 Å². The van der Waals surface area contributed by atoms with Crippen molar-refractivity contribution < 1.29 is 4.74 Å². The van der Waals surface area contributed by atoms with Gasteiger partial charge in [-0.25, -0.2) is 0 Å². The predicted octanol–water partition coefficient (Wildman–Crippen LogP) is 2.95. The lowest BCUT2D eigenvalue weighted by Crippen LogP contribution is -2.43. The summed E-state index contributed by atoms with van der Waals surface area (Å²) in [6, 6.07) is 0. The lowest BCUT2D eigenvalue weighted by atomic mass is 9.80. The monoisotopic (exact) mass is 294 g/mol. The Labute approximate surface area is 123 Å². The zero-order valence-corrected chi connectivity index (χ0v) is 13.2. The molecule has 6 heteroatoms. The van der Waals surface area contributed by atoms with Crippen LogP contribution in [0.15, 0.2) is 0 Å². The van der Waals surface area contributed by atoms with Crippen molar-refractivity contribution in [2.45, 2.75) is 51.2 Å². The Bertz CT molecular complexity index is 672. The van der Waals surface area contributed by atoms with Crippen molar-refractivity contribution in [3.8, 4) is 0 Å². The number of fused-ring (bicyclic) bond motifs is 1. The second-order valence-corrected chi connectivity index (χ2v) is 6.16. The smallest absolute Gasteiger partial charge is 0.179 e. The molecule has 2 heterocycles. The van der Waals surface area contributed by atoms with Gasteiger partial charge >= 0.3 is 0 Å². The molecule has 2 aromatic heterocycles. The van der Waals surface area contributed by atoms with E-state index in [0.29, 0.717) is 0 Å². The topological polar surface area (TPSA) is 47.8 Å². The summed E-state index contributed by atoms with van der Waals surface area (Å²) in [5.74, 6) is 0. The first kappa shape index (κ1) is 13.8. The third-order valence-electron chi connectivity index (χ3n) is 4.45. The molecule has 110 valence electrons. The molecule has 0 unspecified atom stereocenters. The second kappa shape index (κ2) is 5.00. The number of H-pyrrole nitrogens is 1. The number of aryl methyl sites for hydroxylation is 2. The number of methoxy groups -OCH3 is 1. The van der Waals surface area contributed by atoms with E-state index in [0.717, 1.165) is 53.9 Å². The van der Waals surface area contributed by atoms with Gasteiger partial charge in [0.15, 0.2) is 10.4 Å². The molecule has 0 spiro atoms. The van der Waals surface area contributed by atoms with E-state index >= 15 is 0 Å². The zero-order valence-electron chi connectivity index (χ0n) is 12.4. The van der Waals surface area contributed by atoms with Crippen LogP contribution < -0.4 is 0 Å². The Morgan fingerprint density at radius 3 is 2.75 bits per heavy atom. The van der Waals surface area contributed by atoms with Gasteiger partial charge < -0.3 is 9.72 Å². The highest BCUT2D eigenvalue weighted by Crippen LogP contribution is 2.37. The Kier molecular flexibility index (Phi) is 3.46. The van der Waals surface area contributed by atoms with Crippen LogP contribution in [0.3, 0.4) is 0 Å². The van der Waals surface area contributed by atoms with Crippen molar-refractivity contribution in [1.82, 2.24) is 19.3 Å². The van der Waals surface area contributed by atoms with Gasteiger partial charge in [-0.2, -0.15) is 5.10 Å². The maximum atomic E-state index is 5.73. The molecule has 0 aromatic carbocycles. The number of ether oxygens (including phenoxy) is 1. The van der Waals surface area contributed by atoms with Crippen molar-refractivity contribution in [2.75, 3.05) is 7.11 Å². The number of aromatic amines is 1. The van der Waals surface area contributed by atoms with Crippen LogP contribution in [-0.2, 0) is 24.8 Å². The van der Waals surface area contributed by atoms with Gasteiger partial charge in [0, 0.05) is 14.2 Å². The van der Waals surface area contributed by atoms with E-state index in [9.17, 15) is 0 Å². The zero-order chi connectivity index (χ0) is 14.3. The average Bonchev–Trinajstić information content (AvgIpc) is 2.84. The van der Waals surface area contributed by atoms with Crippen LogP contribution in [0.25, 0.3) is 11.2 Å². The second-order valence-electron chi connectivity index (χ2n) is 5.78. The van der Waals surface area contributed by atoms with Crippen molar-refractivity contribution in [2.24, 2.45) is 7.05 Å². The molecule has 1 fully saturated rings. The molecule has 0 saturated heterocycles. The van der Waals surface area contributed by atoms with Crippen molar-refractivity contribution >= 4 is 23.4 Å². The van der Waals surface area contributed by atoms with E-state index in [1.54, 1.807) is 7.11 Å². The standard InChI is InChI=1S/C14H22N4OS/c1-4-6-10-11-12(17(2)16-10)18(13(20)15-11)9-14(19-3)7-5-8-14/h4-9H2,1-3H3,(H,15,20). The molecule has 0 bridgehead atoms. The van der Waals surface area contributed by atoms with Gasteiger partial charge in [-0.3, -0.25) is 9.25 Å². The van der Waals surface area contributed by atoms with Crippen LogP contribution in [0.2, 0.25) is 0 Å². The summed E-state index contributed by atoms with van der Waals surface area (Å²) in [7, 11) is 3.79. The maximum Gasteiger partial charge on any atom is 0.179 e. The minimum atomic E-state index is -0.0391. The fourth-order valence-electron chi connectivity index (χ4n) is 3.12. The van der Waals surface area contributed by atoms with Gasteiger partial charge in [-0.05, 0) is 37.9 Å². The number of imidazole rings is 1. The highest BCUT2D eigenvalue weighted by molar-refractivity contribution is 7.71. The van der Waals surface area contributed by atoms with Gasteiger partial charge in [0.2, 0.25) is 0 Å². The molecule has 2 aromatic rings. The molecule has 20 heavy (non-hydrogen) atoms. The van der Waals surface area contributed by atoms with E-state index < -0.39 is 0 Å². The summed E-state index contributed by atoms with van der Waals surface area (Å²) in [5.41, 5.74) is 3.24. The van der Waals surface area contributed by atoms with Gasteiger partial charge in [0.05, 0.1) is 17.8 Å². The number of aromatic nitrogens is 4. The summed E-state index contributed by atoms with van der Waals surface area (Å²) in [6.45, 7) is 2.98. The van der Waals surface area contributed by atoms with E-state index in [2.05, 4.69) is 21.6 Å². The van der Waals surface area contributed by atoms with Crippen molar-refractivity contribution in [3.63, 3.8) is 0 Å². The van der Waals surface area contributed by atoms with Gasteiger partial charge in [-0.15, -0.1) is 0 Å². The van der Waals surface area contributed by atoms with Crippen LogP contribution in [0.1, 0.15) is 38.3 Å². The molecule has 1 aliphatic carbocycles. The first-order chi connectivity index (χ1) is 9.60. The Morgan fingerprint density at radius 1 is 1.45 bits per heavy atom. The maximum absolute atomic E-state index is 5.73. The number of hydrogen-bond donors (Lipinski definition) is 1. The van der Waals surface area contributed by atoms with Crippen LogP contribution >= 0.6 is 12.2 Å². The fraction of sp³-hybridized carbons (Fsp3) is 0.714. The van der Waals surface area contributed by atoms with Crippen LogP contribution in [-0.4, -0.2) is 32.0 Å². The normalized spacial score (nSPS) is 17.6. The SMILES string of the molecule is CCCc1nn(C)c2c1[nH]c(=S)n2CC1(OC)CCC1. The summed E-state index contributed by atoms with van der Waals surface area (Å²) in [5, 5.41) is 4.62. The lowest BCUT2D eigenvalue weighted by molar-refractivity contribution is -0.0832. The minimum absolute atomic E-state index is 0.0391. The van der Waals surface area contributed by atoms with Gasteiger partial charge in [0.25, 0.3) is 0 Å². The third kappa shape index (κ3) is 2.02. The molecule has 0 radical (unpaired) electrons. The summed E-state index contributed by atoms with van der Waals surface area (Å²) < 4.78 is 10.6. The summed E-state index contributed by atoms with van der Waals surface area (Å²) in [6.07, 6.45) is 5.51. The Hall–Kier alpha value is -1.14. The molecule has 0 atom stereocenters. The molecule has 0 amide bonds. The lowest BCUT2D eigenvalue weighted by Gasteiger charge is -2.40. The van der Waals surface area contributed by atoms with Crippen LogP contribution in [0, 0.1) is 4.77 Å². The Morgan fingerprint density at radius 2 is 2.20 bits per heavy atom. The largest absolute Gasteiger partial charge is 0.376 e. The van der Waals surface area contributed by atoms with Gasteiger partial charge in [0.1, 0.15) is 5.52 Å². The quantitative estimate of drug-likeness (QED) is 0.863. The number of rotatable bonds is 5. The van der Waals surface area contributed by atoms with E-state index in [1.165, 1.54) is 6.42 Å². The first-order valence-electron chi connectivity index (χ1n) is 7.30. The number of hydrogen-bond acceptors (Lipinski definition) is 3. The van der Waals surface area contributed by atoms with Crippen LogP contribution in [0.5, 0.6) is 0 Å². The number of nitrogens with one attached hydrogen (secondary N) is 1. The average molecular weight is 294 g/mol. The molecule has 5 nitrogen and oxygen atoms in total. The number of nitrogens with zero attached hydrogens (tertiary/aromatic N) is 3. The van der Waals surface area contributed by atoms with E-state index in [4.69, 9.17) is 17.0 Å². The molecular formula is C14H22N4OS. The highest BCUT2D eigenvalue weighted by Gasteiger charge is 2.38.